The molecule has 0 aromatic carbocycles. The highest BCUT2D eigenvalue weighted by molar-refractivity contribution is 5.21. The van der Waals surface area contributed by atoms with Gasteiger partial charge >= 0.3 is 0 Å². The molecule has 4 aliphatic carbocycles. The van der Waals surface area contributed by atoms with Crippen LogP contribution in [0.5, 0.6) is 0 Å². The fourth-order valence-electron chi connectivity index (χ4n) is 9.67. The summed E-state index contributed by atoms with van der Waals surface area (Å²) in [6.07, 6.45) is 14.5. The van der Waals surface area contributed by atoms with Gasteiger partial charge in [0, 0.05) is 12.7 Å². The molecule has 2 N–H and O–H groups in total. The SMILES string of the molecule is CCC[C@@]1(O)CC[C@H]2[C@H](CC[C@@H]3[C@@H]2CC[C@@]2(C)[C@H]3C[C@@H](O)[C@@H]2C(C)Cn2cc(C#N)cn2)C1. The molecule has 0 saturated heterocycles. The van der Waals surface area contributed by atoms with E-state index in [4.69, 9.17) is 5.26 Å². The Kier molecular flexibility index (Phi) is 6.15. The molecule has 1 aromatic rings. The van der Waals surface area contributed by atoms with Crippen molar-refractivity contribution in [2.24, 2.45) is 46.8 Å². The Hall–Kier alpha value is -1.38. The number of fused-ring (bicyclic) bond motifs is 5. The number of nitriles is 1. The molecule has 5 nitrogen and oxygen atoms in total. The van der Waals surface area contributed by atoms with Crippen LogP contribution in [0.2, 0.25) is 0 Å². The summed E-state index contributed by atoms with van der Waals surface area (Å²) in [7, 11) is 0. The normalized spacial score (nSPS) is 45.5. The largest absolute Gasteiger partial charge is 0.393 e. The summed E-state index contributed by atoms with van der Waals surface area (Å²) in [5, 5.41) is 35.9. The lowest BCUT2D eigenvalue weighted by molar-refractivity contribution is -0.111. The Morgan fingerprint density at radius 1 is 1.21 bits per heavy atom. The second-order valence-corrected chi connectivity index (χ2v) is 12.6. The lowest BCUT2D eigenvalue weighted by atomic mass is 9.48. The Morgan fingerprint density at radius 3 is 2.73 bits per heavy atom. The molecule has 1 heterocycles. The molecular formula is C28H43N3O2. The van der Waals surface area contributed by atoms with Crippen LogP contribution in [0, 0.1) is 58.2 Å². The van der Waals surface area contributed by atoms with Crippen LogP contribution >= 0.6 is 0 Å². The van der Waals surface area contributed by atoms with E-state index in [1.807, 2.05) is 10.9 Å². The van der Waals surface area contributed by atoms with Crippen molar-refractivity contribution < 1.29 is 10.2 Å². The van der Waals surface area contributed by atoms with E-state index in [2.05, 4.69) is 31.9 Å². The second kappa shape index (κ2) is 8.68. The maximum Gasteiger partial charge on any atom is 0.102 e. The number of aliphatic hydroxyl groups excluding tert-OH is 1. The minimum absolute atomic E-state index is 0.190. The molecule has 33 heavy (non-hydrogen) atoms. The lowest BCUT2D eigenvalue weighted by Gasteiger charge is -2.57. The highest BCUT2D eigenvalue weighted by atomic mass is 16.3. The molecule has 5 rings (SSSR count). The highest BCUT2D eigenvalue weighted by Crippen LogP contribution is 2.65. The van der Waals surface area contributed by atoms with Crippen molar-refractivity contribution in [3.05, 3.63) is 18.0 Å². The predicted octanol–water partition coefficient (Wildman–Crippen LogP) is 5.16. The van der Waals surface area contributed by atoms with Gasteiger partial charge in [0.05, 0.1) is 23.5 Å². The molecule has 182 valence electrons. The summed E-state index contributed by atoms with van der Waals surface area (Å²) >= 11 is 0. The van der Waals surface area contributed by atoms with Crippen molar-refractivity contribution in [1.29, 1.82) is 5.26 Å². The number of nitrogens with zero attached hydrogens (tertiary/aromatic N) is 3. The van der Waals surface area contributed by atoms with E-state index >= 15 is 0 Å². The van der Waals surface area contributed by atoms with E-state index in [9.17, 15) is 10.2 Å². The van der Waals surface area contributed by atoms with Gasteiger partial charge in [-0.05, 0) is 105 Å². The van der Waals surface area contributed by atoms with Gasteiger partial charge in [-0.25, -0.2) is 0 Å². The fraction of sp³-hybridized carbons (Fsp3) is 0.857. The third-order valence-corrected chi connectivity index (χ3v) is 10.8. The minimum Gasteiger partial charge on any atom is -0.393 e. The van der Waals surface area contributed by atoms with E-state index < -0.39 is 5.60 Å². The summed E-state index contributed by atoms with van der Waals surface area (Å²) in [6.45, 7) is 7.71. The quantitative estimate of drug-likeness (QED) is 0.645. The first kappa shape index (κ1) is 23.4. The molecule has 4 aliphatic rings. The minimum atomic E-state index is -0.409. The van der Waals surface area contributed by atoms with Gasteiger partial charge in [-0.1, -0.05) is 27.2 Å². The summed E-state index contributed by atoms with van der Waals surface area (Å²) in [6, 6.07) is 2.17. The summed E-state index contributed by atoms with van der Waals surface area (Å²) in [5.41, 5.74) is 0.387. The Bertz CT molecular complexity index is 892. The number of hydrogen-bond donors (Lipinski definition) is 2. The number of hydrogen-bond acceptors (Lipinski definition) is 4. The highest BCUT2D eigenvalue weighted by Gasteiger charge is 2.61. The second-order valence-electron chi connectivity index (χ2n) is 12.6. The average Bonchev–Trinajstić information content (AvgIpc) is 3.33. The molecule has 1 aromatic heterocycles. The maximum absolute atomic E-state index is 11.3. The van der Waals surface area contributed by atoms with Gasteiger partial charge < -0.3 is 10.2 Å². The molecule has 4 fully saturated rings. The van der Waals surface area contributed by atoms with E-state index in [1.165, 1.54) is 32.1 Å². The van der Waals surface area contributed by atoms with Crippen LogP contribution in [-0.2, 0) is 6.54 Å². The monoisotopic (exact) mass is 453 g/mol. The zero-order valence-electron chi connectivity index (χ0n) is 20.8. The van der Waals surface area contributed by atoms with Gasteiger partial charge in [-0.3, -0.25) is 4.68 Å². The summed E-state index contributed by atoms with van der Waals surface area (Å²) < 4.78 is 1.89. The van der Waals surface area contributed by atoms with Crippen molar-refractivity contribution in [3.8, 4) is 6.07 Å². The Balaban J connectivity index is 1.31. The zero-order chi connectivity index (χ0) is 23.4. The molecule has 4 saturated carbocycles. The fourth-order valence-corrected chi connectivity index (χ4v) is 9.67. The number of aromatic nitrogens is 2. The molecule has 0 amide bonds. The molecule has 0 bridgehead atoms. The first-order chi connectivity index (χ1) is 15.8. The first-order valence-electron chi connectivity index (χ1n) is 13.6. The van der Waals surface area contributed by atoms with Gasteiger partial charge in [0.2, 0.25) is 0 Å². The van der Waals surface area contributed by atoms with Crippen molar-refractivity contribution in [2.45, 2.75) is 103 Å². The Morgan fingerprint density at radius 2 is 2.00 bits per heavy atom. The van der Waals surface area contributed by atoms with E-state index in [0.717, 1.165) is 56.4 Å². The maximum atomic E-state index is 11.3. The van der Waals surface area contributed by atoms with Crippen molar-refractivity contribution in [3.63, 3.8) is 0 Å². The number of aliphatic hydroxyl groups is 2. The standard InChI is InChI=1S/C28H43N3O2/c1-4-9-28(33)11-8-21-20(13-28)5-6-23-22(21)7-10-27(3)24(23)12-25(32)26(27)18(2)16-31-17-19(14-29)15-30-31/h15,17-18,20-26,32-33H,4-13,16H2,1-3H3/t18?,20-,21+,22-,23-,24+,25-,26+,27+,28-/m1/s1. The van der Waals surface area contributed by atoms with Crippen LogP contribution in [0.25, 0.3) is 0 Å². The van der Waals surface area contributed by atoms with Crippen LogP contribution in [0.1, 0.15) is 90.5 Å². The predicted molar refractivity (Wildman–Crippen MR) is 128 cm³/mol. The van der Waals surface area contributed by atoms with Gasteiger partial charge in [-0.2, -0.15) is 10.4 Å². The average molecular weight is 454 g/mol. The molecule has 10 atom stereocenters. The van der Waals surface area contributed by atoms with Gasteiger partial charge in [-0.15, -0.1) is 0 Å². The van der Waals surface area contributed by atoms with Crippen LogP contribution in [0.15, 0.2) is 12.4 Å². The van der Waals surface area contributed by atoms with Crippen LogP contribution in [0.4, 0.5) is 0 Å². The van der Waals surface area contributed by atoms with E-state index in [1.54, 1.807) is 6.20 Å². The molecule has 5 heteroatoms. The summed E-state index contributed by atoms with van der Waals surface area (Å²) in [4.78, 5) is 0. The Labute approximate surface area is 199 Å². The van der Waals surface area contributed by atoms with Gasteiger partial charge in [0.15, 0.2) is 0 Å². The number of rotatable bonds is 5. The van der Waals surface area contributed by atoms with Gasteiger partial charge in [0.25, 0.3) is 0 Å². The van der Waals surface area contributed by atoms with Crippen molar-refractivity contribution >= 4 is 0 Å². The van der Waals surface area contributed by atoms with E-state index in [0.29, 0.717) is 23.3 Å². The van der Waals surface area contributed by atoms with Crippen LogP contribution < -0.4 is 0 Å². The molecule has 1 unspecified atom stereocenters. The van der Waals surface area contributed by atoms with Crippen LogP contribution in [0.3, 0.4) is 0 Å². The molecule has 0 radical (unpaired) electrons. The van der Waals surface area contributed by atoms with Crippen LogP contribution in [-0.4, -0.2) is 31.7 Å². The van der Waals surface area contributed by atoms with Crippen molar-refractivity contribution in [2.75, 3.05) is 0 Å². The third-order valence-electron chi connectivity index (χ3n) is 10.8. The lowest BCUT2D eigenvalue weighted by Crippen LogP contribution is -2.51. The van der Waals surface area contributed by atoms with E-state index in [-0.39, 0.29) is 17.4 Å². The smallest absolute Gasteiger partial charge is 0.102 e. The zero-order valence-corrected chi connectivity index (χ0v) is 20.8. The topological polar surface area (TPSA) is 82.1 Å². The summed E-state index contributed by atoms with van der Waals surface area (Å²) in [5.74, 6) is 4.25. The molecule has 0 aliphatic heterocycles. The first-order valence-corrected chi connectivity index (χ1v) is 13.6. The third kappa shape index (κ3) is 3.96. The molecule has 0 spiro atoms. The van der Waals surface area contributed by atoms with Crippen molar-refractivity contribution in [1.82, 2.24) is 9.78 Å². The molecular weight excluding hydrogens is 410 g/mol. The van der Waals surface area contributed by atoms with Gasteiger partial charge in [0.1, 0.15) is 6.07 Å².